The van der Waals surface area contributed by atoms with Gasteiger partial charge in [0.15, 0.2) is 11.5 Å². The summed E-state index contributed by atoms with van der Waals surface area (Å²) >= 11 is 0. The summed E-state index contributed by atoms with van der Waals surface area (Å²) in [6.45, 7) is 2.85. The number of benzene rings is 3. The summed E-state index contributed by atoms with van der Waals surface area (Å²) in [4.78, 5) is 12.8. The van der Waals surface area contributed by atoms with Crippen LogP contribution in [-0.4, -0.2) is 55.0 Å². The summed E-state index contributed by atoms with van der Waals surface area (Å²) in [6.07, 6.45) is 1.10. The van der Waals surface area contributed by atoms with Crippen LogP contribution in [0.25, 0.3) is 0 Å². The molecule has 0 bridgehead atoms. The second-order valence-electron chi connectivity index (χ2n) is 9.01. The molecular formula is C29H33NO8Pr. The predicted octanol–water partition coefficient (Wildman–Crippen LogP) is 3.83. The van der Waals surface area contributed by atoms with Crippen LogP contribution in [-0.2, 0) is 4.79 Å². The Morgan fingerprint density at radius 1 is 1.00 bits per heavy atom. The number of nitrogens with two attached hydrogens (primary N) is 1. The zero-order valence-corrected chi connectivity index (χ0v) is 25.7. The molecule has 0 saturated heterocycles. The molecular weight excluding hydrogens is 631 g/mol. The van der Waals surface area contributed by atoms with Crippen molar-refractivity contribution in [2.75, 3.05) is 33.7 Å². The van der Waals surface area contributed by atoms with Crippen LogP contribution in [0.2, 0.25) is 0 Å². The van der Waals surface area contributed by atoms with Crippen LogP contribution in [0, 0.1) is 47.2 Å². The summed E-state index contributed by atoms with van der Waals surface area (Å²) in [5, 5.41) is 30.1. The average molecular weight is 664 g/mol. The second-order valence-corrected chi connectivity index (χ2v) is 9.01. The number of aliphatic hydroxyl groups excluding tert-OH is 1. The molecule has 3 atom stereocenters. The number of aliphatic hydroxyl groups is 1. The predicted molar refractivity (Wildman–Crippen MR) is 140 cm³/mol. The molecule has 0 aromatic heterocycles. The number of ether oxygens (including phenoxy) is 4. The second kappa shape index (κ2) is 14.2. The standard InChI is InChI=1S/C26H24O8.C3H9N.Pr/c1-31-16-4-6-18(21(12-16)32-9-8-27)24-19-11-15(28)3-5-17(19)23(25(24)26(29)30)14-2-7-20-22(10-14)34-13-33-20;1-2-3-4;/h2-7,10-12,23-25,27-28H,8-9,13H2,1H3,(H,29,30);2-4H2,1H3;/t23-,24+,25+;;/m0../s1. The van der Waals surface area contributed by atoms with Crippen LogP contribution in [0.3, 0.4) is 0 Å². The van der Waals surface area contributed by atoms with Crippen molar-refractivity contribution in [2.24, 2.45) is 11.7 Å². The van der Waals surface area contributed by atoms with E-state index in [4.69, 9.17) is 24.7 Å². The van der Waals surface area contributed by atoms with E-state index in [1.165, 1.54) is 7.11 Å². The Hall–Kier alpha value is -2.59. The van der Waals surface area contributed by atoms with Gasteiger partial charge in [-0.2, -0.15) is 0 Å². The zero-order valence-electron chi connectivity index (χ0n) is 22.0. The first-order valence-corrected chi connectivity index (χ1v) is 12.5. The molecule has 205 valence electrons. The third-order valence-corrected chi connectivity index (χ3v) is 6.69. The number of carboxylic acids is 1. The SMILES string of the molecule is CCCN.COc1ccc([C@@H]2c3cc(O)ccc3[C@H](c3ccc4c(c3)OCO4)[C@H]2C(=O)O)c(OCCO)c1.[Pr]. The van der Waals surface area contributed by atoms with Gasteiger partial charge in [-0.25, -0.2) is 0 Å². The van der Waals surface area contributed by atoms with Gasteiger partial charge in [0.05, 0.1) is 19.6 Å². The molecule has 5 N–H and O–H groups in total. The van der Waals surface area contributed by atoms with Crippen molar-refractivity contribution in [1.82, 2.24) is 0 Å². The van der Waals surface area contributed by atoms with Crippen LogP contribution in [0.5, 0.6) is 28.7 Å². The molecule has 0 saturated carbocycles. The summed E-state index contributed by atoms with van der Waals surface area (Å²) < 4.78 is 22.1. The van der Waals surface area contributed by atoms with Gasteiger partial charge in [0.1, 0.15) is 23.9 Å². The molecule has 0 spiro atoms. The first-order valence-electron chi connectivity index (χ1n) is 12.5. The van der Waals surface area contributed by atoms with Gasteiger partial charge in [-0.3, -0.25) is 4.79 Å². The Labute approximate surface area is 260 Å². The number of phenolic OH excluding ortho intramolecular Hbond substituents is 1. The number of hydrogen-bond acceptors (Lipinski definition) is 8. The Morgan fingerprint density at radius 2 is 1.72 bits per heavy atom. The van der Waals surface area contributed by atoms with Gasteiger partial charge in [0.25, 0.3) is 0 Å². The first-order chi connectivity index (χ1) is 18.4. The quantitative estimate of drug-likeness (QED) is 0.283. The van der Waals surface area contributed by atoms with Gasteiger partial charge in [-0.15, -0.1) is 0 Å². The minimum Gasteiger partial charge on any atom is -0.508 e. The van der Waals surface area contributed by atoms with Crippen molar-refractivity contribution in [3.63, 3.8) is 0 Å². The topological polar surface area (TPSA) is 141 Å². The first kappa shape index (κ1) is 30.9. The Morgan fingerprint density at radius 3 is 2.38 bits per heavy atom. The molecule has 0 amide bonds. The van der Waals surface area contributed by atoms with Gasteiger partial charge in [0.2, 0.25) is 6.79 Å². The maximum Gasteiger partial charge on any atom is 0.308 e. The van der Waals surface area contributed by atoms with Crippen molar-refractivity contribution in [1.29, 1.82) is 0 Å². The molecule has 2 aliphatic rings. The fourth-order valence-electron chi connectivity index (χ4n) is 5.01. The molecule has 0 unspecified atom stereocenters. The molecule has 5 rings (SSSR count). The Kier molecular flexibility index (Phi) is 11.2. The molecule has 3 aromatic rings. The summed E-state index contributed by atoms with van der Waals surface area (Å²) in [6, 6.07) is 15.6. The number of aliphatic carboxylic acids is 1. The van der Waals surface area contributed by atoms with Crippen LogP contribution < -0.4 is 24.7 Å². The summed E-state index contributed by atoms with van der Waals surface area (Å²) in [5.74, 6) is -0.780. The van der Waals surface area contributed by atoms with E-state index in [1.807, 2.05) is 12.1 Å². The van der Waals surface area contributed by atoms with Crippen LogP contribution in [0.4, 0.5) is 0 Å². The third kappa shape index (κ3) is 6.60. The number of phenols is 1. The maximum absolute atomic E-state index is 12.8. The molecule has 1 aliphatic carbocycles. The number of hydrogen-bond donors (Lipinski definition) is 4. The largest absolute Gasteiger partial charge is 0.508 e. The summed E-state index contributed by atoms with van der Waals surface area (Å²) in [7, 11) is 1.53. The molecule has 9 nitrogen and oxygen atoms in total. The third-order valence-electron chi connectivity index (χ3n) is 6.69. The van der Waals surface area contributed by atoms with Crippen LogP contribution in [0.1, 0.15) is 47.4 Å². The van der Waals surface area contributed by atoms with Crippen molar-refractivity contribution in [3.8, 4) is 28.7 Å². The zero-order chi connectivity index (χ0) is 27.2. The van der Waals surface area contributed by atoms with Crippen LogP contribution in [0.15, 0.2) is 54.6 Å². The molecule has 10 heteroatoms. The normalized spacial score (nSPS) is 18.3. The van der Waals surface area contributed by atoms with E-state index in [0.717, 1.165) is 24.1 Å². The molecule has 1 radical (unpaired) electrons. The van der Waals surface area contributed by atoms with Crippen molar-refractivity contribution in [3.05, 3.63) is 76.9 Å². The molecule has 0 fully saturated rings. The number of aromatic hydroxyl groups is 1. The fraction of sp³-hybridized carbons (Fsp3) is 0.345. The van der Waals surface area contributed by atoms with Gasteiger partial charge >= 0.3 is 5.97 Å². The van der Waals surface area contributed by atoms with E-state index in [9.17, 15) is 20.1 Å². The Bertz CT molecular complexity index is 1280. The number of methoxy groups -OCH3 is 1. The monoisotopic (exact) mass is 664 g/mol. The number of carboxylic acid groups (broad SMARTS) is 1. The minimum atomic E-state index is -0.979. The molecule has 39 heavy (non-hydrogen) atoms. The van der Waals surface area contributed by atoms with E-state index >= 15 is 0 Å². The minimum absolute atomic E-state index is 0. The summed E-state index contributed by atoms with van der Waals surface area (Å²) in [5.41, 5.74) is 7.95. The molecule has 1 heterocycles. The van der Waals surface area contributed by atoms with E-state index in [-0.39, 0.29) is 67.0 Å². The fourth-order valence-corrected chi connectivity index (χ4v) is 5.01. The van der Waals surface area contributed by atoms with E-state index in [0.29, 0.717) is 34.1 Å². The average Bonchev–Trinajstić information content (AvgIpc) is 3.53. The Balaban J connectivity index is 0.000000788. The number of fused-ring (bicyclic) bond motifs is 2. The van der Waals surface area contributed by atoms with Gasteiger partial charge in [0, 0.05) is 64.8 Å². The van der Waals surface area contributed by atoms with E-state index < -0.39 is 23.7 Å². The number of rotatable bonds is 8. The van der Waals surface area contributed by atoms with Gasteiger partial charge in [-0.1, -0.05) is 25.1 Å². The smallest absolute Gasteiger partial charge is 0.308 e. The maximum atomic E-state index is 12.8. The van der Waals surface area contributed by atoms with Crippen molar-refractivity contribution < 1.29 is 80.4 Å². The van der Waals surface area contributed by atoms with Crippen molar-refractivity contribution >= 4 is 5.97 Å². The van der Waals surface area contributed by atoms with Gasteiger partial charge < -0.3 is 40.0 Å². The van der Waals surface area contributed by atoms with Crippen LogP contribution >= 0.6 is 0 Å². The van der Waals surface area contributed by atoms with Crippen molar-refractivity contribution in [2.45, 2.75) is 25.2 Å². The van der Waals surface area contributed by atoms with E-state index in [2.05, 4.69) is 6.92 Å². The van der Waals surface area contributed by atoms with E-state index in [1.54, 1.807) is 42.5 Å². The molecule has 3 aromatic carbocycles. The number of carbonyl (C=O) groups is 1. The molecule has 1 aliphatic heterocycles. The van der Waals surface area contributed by atoms with Gasteiger partial charge in [-0.05, 0) is 60.0 Å².